The number of benzene rings is 1. The van der Waals surface area contributed by atoms with Gasteiger partial charge in [0.2, 0.25) is 0 Å². The Balaban J connectivity index is 2.11. The highest BCUT2D eigenvalue weighted by Gasteiger charge is 2.21. The van der Waals surface area contributed by atoms with Crippen molar-refractivity contribution in [2.45, 2.75) is 19.9 Å². The number of aromatic nitrogens is 1. The molecule has 0 saturated heterocycles. The van der Waals surface area contributed by atoms with Crippen molar-refractivity contribution in [3.8, 4) is 16.9 Å². The van der Waals surface area contributed by atoms with Gasteiger partial charge < -0.3 is 14.4 Å². The molecule has 0 aliphatic heterocycles. The Kier molecular flexibility index (Phi) is 3.47. The van der Waals surface area contributed by atoms with Crippen LogP contribution >= 0.6 is 0 Å². The molecular formula is C21H22N2O. The summed E-state index contributed by atoms with van der Waals surface area (Å²) in [4.78, 5) is 2.21. The van der Waals surface area contributed by atoms with Crippen molar-refractivity contribution in [3.05, 3.63) is 59.7 Å². The summed E-state index contributed by atoms with van der Waals surface area (Å²) in [7, 11) is 4.21. The first-order valence-electron chi connectivity index (χ1n) is 8.41. The molecule has 0 aliphatic carbocycles. The molecule has 24 heavy (non-hydrogen) atoms. The smallest absolute Gasteiger partial charge is 0.115 e. The lowest BCUT2D eigenvalue weighted by molar-refractivity contribution is 0.404. The van der Waals surface area contributed by atoms with E-state index >= 15 is 0 Å². The molecular weight excluding hydrogens is 296 g/mol. The molecule has 0 atom stereocenters. The minimum Gasteiger partial charge on any atom is -0.508 e. The molecule has 0 aliphatic rings. The maximum Gasteiger partial charge on any atom is 0.115 e. The quantitative estimate of drug-likeness (QED) is 0.599. The third kappa shape index (κ3) is 2.16. The fourth-order valence-electron chi connectivity index (χ4n) is 3.82. The van der Waals surface area contributed by atoms with E-state index in [9.17, 15) is 5.11 Å². The lowest BCUT2D eigenvalue weighted by Crippen LogP contribution is -2.10. The molecule has 0 saturated carbocycles. The minimum atomic E-state index is 0.307. The summed E-state index contributed by atoms with van der Waals surface area (Å²) in [6.45, 7) is 3.13. The highest BCUT2D eigenvalue weighted by Crippen LogP contribution is 2.39. The van der Waals surface area contributed by atoms with Crippen LogP contribution < -0.4 is 0 Å². The zero-order chi connectivity index (χ0) is 16.8. The summed E-state index contributed by atoms with van der Waals surface area (Å²) in [6, 6.07) is 16.4. The predicted molar refractivity (Wildman–Crippen MR) is 100.0 cm³/mol. The molecule has 0 bridgehead atoms. The van der Waals surface area contributed by atoms with Gasteiger partial charge in [-0.3, -0.25) is 0 Å². The largest absolute Gasteiger partial charge is 0.508 e. The van der Waals surface area contributed by atoms with Crippen LogP contribution in [0.2, 0.25) is 0 Å². The van der Waals surface area contributed by atoms with Crippen LogP contribution in [0.5, 0.6) is 5.75 Å². The molecule has 122 valence electrons. The van der Waals surface area contributed by atoms with Crippen molar-refractivity contribution in [1.29, 1.82) is 0 Å². The molecule has 4 rings (SSSR count). The van der Waals surface area contributed by atoms with Crippen LogP contribution in [0.4, 0.5) is 0 Å². The van der Waals surface area contributed by atoms with Crippen molar-refractivity contribution >= 4 is 16.6 Å². The number of aromatic hydroxyl groups is 1. The Morgan fingerprint density at radius 3 is 2.46 bits per heavy atom. The average Bonchev–Trinajstić information content (AvgIpc) is 3.08. The summed E-state index contributed by atoms with van der Waals surface area (Å²) in [5, 5.41) is 9.65. The molecule has 0 fully saturated rings. The van der Waals surface area contributed by atoms with E-state index in [0.29, 0.717) is 5.75 Å². The van der Waals surface area contributed by atoms with Crippen molar-refractivity contribution in [2.24, 2.45) is 0 Å². The number of hydrogen-bond donors (Lipinski definition) is 1. The van der Waals surface area contributed by atoms with E-state index < -0.39 is 0 Å². The average molecular weight is 318 g/mol. The lowest BCUT2D eigenvalue weighted by Gasteiger charge is -2.10. The Bertz CT molecular complexity index is 996. The fraction of sp³-hybridized carbons (Fsp3) is 0.238. The number of rotatable bonds is 4. The van der Waals surface area contributed by atoms with E-state index in [1.54, 1.807) is 12.1 Å². The summed E-state index contributed by atoms with van der Waals surface area (Å²) < 4.78 is 2.39. The first-order valence-corrected chi connectivity index (χ1v) is 8.41. The minimum absolute atomic E-state index is 0.307. The van der Waals surface area contributed by atoms with Crippen molar-refractivity contribution < 1.29 is 5.11 Å². The molecule has 4 aromatic rings. The van der Waals surface area contributed by atoms with Crippen LogP contribution in [0, 0.1) is 0 Å². The van der Waals surface area contributed by atoms with E-state index in [2.05, 4.69) is 54.6 Å². The maximum atomic E-state index is 9.65. The Labute approximate surface area is 142 Å². The monoisotopic (exact) mass is 318 g/mol. The van der Waals surface area contributed by atoms with Gasteiger partial charge >= 0.3 is 0 Å². The Morgan fingerprint density at radius 1 is 1.04 bits per heavy atom. The van der Waals surface area contributed by atoms with Gasteiger partial charge in [0.25, 0.3) is 0 Å². The highest BCUT2D eigenvalue weighted by atomic mass is 16.3. The molecule has 0 radical (unpaired) electrons. The Hall–Kier alpha value is -2.52. The van der Waals surface area contributed by atoms with Gasteiger partial charge in [-0.05, 0) is 67.5 Å². The van der Waals surface area contributed by atoms with Crippen LogP contribution in [0.3, 0.4) is 0 Å². The van der Waals surface area contributed by atoms with Crippen LogP contribution in [0.25, 0.3) is 27.7 Å². The van der Waals surface area contributed by atoms with Gasteiger partial charge in [-0.1, -0.05) is 25.1 Å². The van der Waals surface area contributed by atoms with E-state index in [1.807, 2.05) is 12.1 Å². The summed E-state index contributed by atoms with van der Waals surface area (Å²) in [6.07, 6.45) is 0.985. The molecule has 1 N–H and O–H groups in total. The van der Waals surface area contributed by atoms with Crippen molar-refractivity contribution in [1.82, 2.24) is 9.30 Å². The first kappa shape index (κ1) is 15.0. The molecule has 3 nitrogen and oxygen atoms in total. The zero-order valence-corrected chi connectivity index (χ0v) is 14.4. The van der Waals surface area contributed by atoms with Crippen LogP contribution in [-0.2, 0) is 13.0 Å². The molecule has 3 aromatic heterocycles. The van der Waals surface area contributed by atoms with Crippen molar-refractivity contribution in [3.63, 3.8) is 0 Å². The maximum absolute atomic E-state index is 9.65. The number of nitrogens with zero attached hydrogens (tertiary/aromatic N) is 2. The number of phenols is 1. The third-order valence-electron chi connectivity index (χ3n) is 4.71. The standard InChI is InChI=1S/C21H22N2O/c1-4-18-19-7-5-6-16-12-15(13-22(2)3)21(23(16)19)20(18)14-8-10-17(24)11-9-14/h5-12,24H,4,13H2,1-3H3. The second-order valence-electron chi connectivity index (χ2n) is 6.68. The summed E-state index contributed by atoms with van der Waals surface area (Å²) >= 11 is 0. The van der Waals surface area contributed by atoms with Crippen LogP contribution in [-0.4, -0.2) is 28.5 Å². The normalized spacial score (nSPS) is 12.0. The topological polar surface area (TPSA) is 27.9 Å². The lowest BCUT2D eigenvalue weighted by atomic mass is 9.98. The van der Waals surface area contributed by atoms with Gasteiger partial charge in [-0.25, -0.2) is 0 Å². The predicted octanol–water partition coefficient (Wildman–Crippen LogP) is 4.53. The molecule has 3 heterocycles. The van der Waals surface area contributed by atoms with Gasteiger partial charge in [-0.2, -0.15) is 0 Å². The molecule has 1 aromatic carbocycles. The summed E-state index contributed by atoms with van der Waals surface area (Å²) in [5.41, 5.74) is 9.03. The second-order valence-corrected chi connectivity index (χ2v) is 6.68. The molecule has 3 heteroatoms. The van der Waals surface area contributed by atoms with E-state index in [4.69, 9.17) is 0 Å². The van der Waals surface area contributed by atoms with E-state index in [-0.39, 0.29) is 0 Å². The molecule has 0 unspecified atom stereocenters. The number of hydrogen-bond acceptors (Lipinski definition) is 2. The van der Waals surface area contributed by atoms with Crippen molar-refractivity contribution in [2.75, 3.05) is 14.1 Å². The van der Waals surface area contributed by atoms with E-state index in [1.165, 1.54) is 38.8 Å². The fourth-order valence-corrected chi connectivity index (χ4v) is 3.82. The van der Waals surface area contributed by atoms with Gasteiger partial charge in [0.05, 0.1) is 11.0 Å². The second kappa shape index (κ2) is 5.53. The Morgan fingerprint density at radius 2 is 1.79 bits per heavy atom. The third-order valence-corrected chi connectivity index (χ3v) is 4.71. The number of phenolic OH excluding ortho intramolecular Hbond substituents is 1. The summed E-state index contributed by atoms with van der Waals surface area (Å²) in [5.74, 6) is 0.307. The van der Waals surface area contributed by atoms with Gasteiger partial charge in [0.1, 0.15) is 5.75 Å². The number of aryl methyl sites for hydroxylation is 1. The molecule has 0 amide bonds. The van der Waals surface area contributed by atoms with Gasteiger partial charge in [0, 0.05) is 17.6 Å². The van der Waals surface area contributed by atoms with Gasteiger partial charge in [-0.15, -0.1) is 0 Å². The van der Waals surface area contributed by atoms with Crippen LogP contribution in [0.1, 0.15) is 18.1 Å². The molecule has 0 spiro atoms. The van der Waals surface area contributed by atoms with Gasteiger partial charge in [0.15, 0.2) is 0 Å². The number of pyridine rings is 1. The highest BCUT2D eigenvalue weighted by molar-refractivity contribution is 5.97. The first-order chi connectivity index (χ1) is 11.6. The van der Waals surface area contributed by atoms with Crippen LogP contribution in [0.15, 0.2) is 48.5 Å². The van der Waals surface area contributed by atoms with E-state index in [0.717, 1.165) is 13.0 Å². The SMILES string of the molecule is CCc1c(-c2ccc(O)cc2)c2c(CN(C)C)cc3cccc1n32. The zero-order valence-electron chi connectivity index (χ0n) is 14.4.